The molecule has 0 saturated carbocycles. The first kappa shape index (κ1) is 28.7. The van der Waals surface area contributed by atoms with Crippen molar-refractivity contribution >= 4 is 17.7 Å². The summed E-state index contributed by atoms with van der Waals surface area (Å²) < 4.78 is 44.2. The van der Waals surface area contributed by atoms with E-state index in [0.29, 0.717) is 38.3 Å². The zero-order chi connectivity index (χ0) is 26.4. The Hall–Kier alpha value is -2.53. The molecule has 0 unspecified atom stereocenters. The van der Waals surface area contributed by atoms with Crippen molar-refractivity contribution in [1.29, 1.82) is 0 Å². The Labute approximate surface area is 204 Å². The van der Waals surface area contributed by atoms with E-state index in [4.69, 9.17) is 4.74 Å². The first-order chi connectivity index (χ1) is 16.1. The number of hydrogen-bond acceptors (Lipinski definition) is 6. The molecule has 35 heavy (non-hydrogen) atoms. The first-order valence-corrected chi connectivity index (χ1v) is 11.8. The highest BCUT2D eigenvalue weighted by Gasteiger charge is 2.31. The van der Waals surface area contributed by atoms with Crippen molar-refractivity contribution in [1.82, 2.24) is 15.8 Å². The average molecular weight is 503 g/mol. The third-order valence-electron chi connectivity index (χ3n) is 5.39. The number of anilines is 1. The fraction of sp³-hybridized carbons (Fsp3) is 0.667. The van der Waals surface area contributed by atoms with Gasteiger partial charge in [-0.2, -0.15) is 13.2 Å². The lowest BCUT2D eigenvalue weighted by Crippen LogP contribution is -2.55. The number of alkyl halides is 3. The molecular weight excluding hydrogens is 465 g/mol. The van der Waals surface area contributed by atoms with Crippen LogP contribution in [0, 0.1) is 5.92 Å². The van der Waals surface area contributed by atoms with Gasteiger partial charge in [0, 0.05) is 31.9 Å². The third kappa shape index (κ3) is 9.93. The van der Waals surface area contributed by atoms with Crippen LogP contribution in [-0.2, 0) is 15.7 Å². The summed E-state index contributed by atoms with van der Waals surface area (Å²) in [6, 6.07) is 4.51. The lowest BCUT2D eigenvalue weighted by Gasteiger charge is -2.36. The Kier molecular flexibility index (Phi) is 9.79. The molecule has 3 N–H and O–H groups in total. The van der Waals surface area contributed by atoms with Crippen molar-refractivity contribution in [2.45, 2.75) is 71.4 Å². The van der Waals surface area contributed by atoms with Crippen LogP contribution >= 0.6 is 0 Å². The van der Waals surface area contributed by atoms with Crippen LogP contribution in [0.2, 0.25) is 0 Å². The van der Waals surface area contributed by atoms with Crippen molar-refractivity contribution in [2.24, 2.45) is 5.92 Å². The maximum absolute atomic E-state index is 13.0. The smallest absolute Gasteiger partial charge is 0.416 e. The lowest BCUT2D eigenvalue weighted by atomic mass is 9.97. The second-order valence-corrected chi connectivity index (χ2v) is 10.2. The van der Waals surface area contributed by atoms with Gasteiger partial charge in [-0.05, 0) is 51.3 Å². The summed E-state index contributed by atoms with van der Waals surface area (Å²) in [5, 5.41) is 15.0. The normalized spacial score (nSPS) is 17.1. The number of amides is 2. The fourth-order valence-electron chi connectivity index (χ4n) is 3.79. The highest BCUT2D eigenvalue weighted by atomic mass is 19.4. The number of piperazine rings is 1. The van der Waals surface area contributed by atoms with E-state index in [-0.39, 0.29) is 12.3 Å². The molecule has 2 rings (SSSR count). The van der Waals surface area contributed by atoms with Gasteiger partial charge in [0.05, 0.1) is 24.1 Å². The molecule has 8 nitrogen and oxygen atoms in total. The van der Waals surface area contributed by atoms with Crippen molar-refractivity contribution in [3.8, 4) is 0 Å². The number of ether oxygens (including phenoxy) is 1. The molecular formula is C24H37F3N4O4. The SMILES string of the molecule is CC(C)C[C@H](NC(=O)OC(C)(C)C)[C@@H](O)CC(=O)NN1CCN(c2cccc(C(F)(F)F)c2)CC1. The molecule has 2 atom stereocenters. The predicted octanol–water partition coefficient (Wildman–Crippen LogP) is 3.55. The minimum atomic E-state index is -4.40. The molecule has 1 saturated heterocycles. The van der Waals surface area contributed by atoms with Crippen molar-refractivity contribution in [3.63, 3.8) is 0 Å². The summed E-state index contributed by atoms with van der Waals surface area (Å²) >= 11 is 0. The van der Waals surface area contributed by atoms with Gasteiger partial charge in [-0.3, -0.25) is 10.2 Å². The van der Waals surface area contributed by atoms with E-state index in [9.17, 15) is 27.9 Å². The van der Waals surface area contributed by atoms with Crippen LogP contribution in [0.25, 0.3) is 0 Å². The number of aliphatic hydroxyl groups is 1. The van der Waals surface area contributed by atoms with Crippen molar-refractivity contribution in [2.75, 3.05) is 31.1 Å². The molecule has 1 heterocycles. The van der Waals surface area contributed by atoms with E-state index in [0.717, 1.165) is 12.1 Å². The molecule has 198 valence electrons. The molecule has 1 aliphatic rings. The second kappa shape index (κ2) is 11.9. The zero-order valence-electron chi connectivity index (χ0n) is 21.0. The van der Waals surface area contributed by atoms with Crippen LogP contribution in [0.5, 0.6) is 0 Å². The summed E-state index contributed by atoms with van der Waals surface area (Å²) in [5.74, 6) is -0.249. The summed E-state index contributed by atoms with van der Waals surface area (Å²) in [6.45, 7) is 10.8. The Morgan fingerprint density at radius 2 is 1.74 bits per heavy atom. The number of carbonyl (C=O) groups is 2. The van der Waals surface area contributed by atoms with Crippen molar-refractivity contribution in [3.05, 3.63) is 29.8 Å². The van der Waals surface area contributed by atoms with Crippen LogP contribution in [0.1, 0.15) is 53.0 Å². The summed E-state index contributed by atoms with van der Waals surface area (Å²) in [4.78, 5) is 26.5. The number of nitrogens with zero attached hydrogens (tertiary/aromatic N) is 2. The summed E-state index contributed by atoms with van der Waals surface area (Å²) in [6.07, 6.45) is -5.94. The van der Waals surface area contributed by atoms with Crippen LogP contribution in [-0.4, -0.2) is 66.0 Å². The third-order valence-corrected chi connectivity index (χ3v) is 5.39. The average Bonchev–Trinajstić information content (AvgIpc) is 2.71. The quantitative estimate of drug-likeness (QED) is 0.504. The van der Waals surface area contributed by atoms with E-state index in [1.807, 2.05) is 18.7 Å². The Balaban J connectivity index is 1.87. The van der Waals surface area contributed by atoms with Gasteiger partial charge in [-0.15, -0.1) is 0 Å². The highest BCUT2D eigenvalue weighted by molar-refractivity contribution is 5.76. The van der Waals surface area contributed by atoms with E-state index in [1.165, 1.54) is 6.07 Å². The zero-order valence-corrected chi connectivity index (χ0v) is 21.0. The van der Waals surface area contributed by atoms with Crippen LogP contribution in [0.3, 0.4) is 0 Å². The predicted molar refractivity (Wildman–Crippen MR) is 127 cm³/mol. The number of carbonyl (C=O) groups excluding carboxylic acids is 2. The van der Waals surface area contributed by atoms with E-state index < -0.39 is 41.5 Å². The van der Waals surface area contributed by atoms with E-state index in [1.54, 1.807) is 31.8 Å². The Morgan fingerprint density at radius 1 is 1.11 bits per heavy atom. The number of nitrogens with one attached hydrogen (secondary N) is 2. The number of halogens is 3. The molecule has 0 bridgehead atoms. The summed E-state index contributed by atoms with van der Waals surface area (Å²) in [5.41, 5.74) is 1.83. The monoisotopic (exact) mass is 502 g/mol. The van der Waals surface area contributed by atoms with Gasteiger partial charge < -0.3 is 20.1 Å². The number of hydrazine groups is 1. The summed E-state index contributed by atoms with van der Waals surface area (Å²) in [7, 11) is 0. The molecule has 1 aromatic carbocycles. The largest absolute Gasteiger partial charge is 0.444 e. The molecule has 1 aliphatic heterocycles. The number of hydrogen-bond donors (Lipinski definition) is 3. The van der Waals surface area contributed by atoms with Crippen LogP contribution in [0.15, 0.2) is 24.3 Å². The van der Waals surface area contributed by atoms with Crippen molar-refractivity contribution < 1.29 is 32.6 Å². The topological polar surface area (TPSA) is 94.1 Å². The highest BCUT2D eigenvalue weighted by Crippen LogP contribution is 2.31. The minimum absolute atomic E-state index is 0.163. The molecule has 0 aliphatic carbocycles. The Bertz CT molecular complexity index is 850. The number of aliphatic hydroxyl groups excluding tert-OH is 1. The first-order valence-electron chi connectivity index (χ1n) is 11.8. The molecule has 2 amide bonds. The van der Waals surface area contributed by atoms with Gasteiger partial charge in [-0.1, -0.05) is 19.9 Å². The van der Waals surface area contributed by atoms with Crippen LogP contribution in [0.4, 0.5) is 23.7 Å². The standard InChI is InChI=1S/C24H37F3N4O4/c1-16(2)13-19(28-22(34)35-23(3,4)5)20(32)15-21(33)29-31-11-9-30(10-12-31)18-8-6-7-17(14-18)24(25,26)27/h6-8,14,16,19-20,32H,9-13,15H2,1-5H3,(H,28,34)(H,29,33)/t19-,20-/m0/s1. The fourth-order valence-corrected chi connectivity index (χ4v) is 3.79. The van der Waals surface area contributed by atoms with Gasteiger partial charge in [0.15, 0.2) is 0 Å². The van der Waals surface area contributed by atoms with Gasteiger partial charge in [0.1, 0.15) is 5.60 Å². The Morgan fingerprint density at radius 3 is 2.29 bits per heavy atom. The number of rotatable bonds is 8. The van der Waals surface area contributed by atoms with Gasteiger partial charge in [0.25, 0.3) is 0 Å². The molecule has 0 aromatic heterocycles. The molecule has 1 fully saturated rings. The lowest BCUT2D eigenvalue weighted by molar-refractivity contribution is -0.137. The molecule has 0 spiro atoms. The van der Waals surface area contributed by atoms with Gasteiger partial charge in [-0.25, -0.2) is 9.80 Å². The van der Waals surface area contributed by atoms with Gasteiger partial charge in [0.2, 0.25) is 5.91 Å². The maximum atomic E-state index is 13.0. The minimum Gasteiger partial charge on any atom is -0.444 e. The van der Waals surface area contributed by atoms with Crippen LogP contribution < -0.4 is 15.6 Å². The second-order valence-electron chi connectivity index (χ2n) is 10.2. The van der Waals surface area contributed by atoms with E-state index in [2.05, 4.69) is 10.7 Å². The molecule has 0 radical (unpaired) electrons. The van der Waals surface area contributed by atoms with Gasteiger partial charge >= 0.3 is 12.3 Å². The van der Waals surface area contributed by atoms with E-state index >= 15 is 0 Å². The maximum Gasteiger partial charge on any atom is 0.416 e. The number of alkyl carbamates (subject to hydrolysis) is 1. The molecule has 1 aromatic rings. The molecule has 11 heteroatoms. The number of benzene rings is 1.